The first-order valence-electron chi connectivity index (χ1n) is 12.1. The van der Waals surface area contributed by atoms with Crippen LogP contribution in [-0.2, 0) is 6.54 Å². The van der Waals surface area contributed by atoms with Crippen LogP contribution in [0, 0.1) is 0 Å². The van der Waals surface area contributed by atoms with Crippen molar-refractivity contribution in [3.05, 3.63) is 47.8 Å². The second kappa shape index (κ2) is 9.27. The van der Waals surface area contributed by atoms with Gasteiger partial charge in [-0.1, -0.05) is 0 Å². The maximum Gasteiger partial charge on any atom is 0.213 e. The summed E-state index contributed by atoms with van der Waals surface area (Å²) in [6, 6.07) is 10.6. The van der Waals surface area contributed by atoms with Gasteiger partial charge in [0.25, 0.3) is 0 Å². The highest BCUT2D eigenvalue weighted by atomic mass is 16.6. The zero-order chi connectivity index (χ0) is 22.9. The Balaban J connectivity index is 1.05. The number of nitrogens with one attached hydrogen (secondary N) is 1. The standard InChI is InChI=1S/C26H30N4O4/c1-31-24-5-3-17-2-4-21-25(26(17)29-24)18(16-34-21)15-30-8-6-19(7-9-30)27-13-20-12-22-23(14-28-20)33-11-10-32-22/h2-5,12,14,18-19,27H,6-11,13,15-16H2,1H3. The van der Waals surface area contributed by atoms with Crippen LogP contribution >= 0.6 is 0 Å². The largest absolute Gasteiger partial charge is 0.493 e. The summed E-state index contributed by atoms with van der Waals surface area (Å²) in [4.78, 5) is 11.8. The molecule has 1 aromatic carbocycles. The molecule has 0 bridgehead atoms. The molecule has 178 valence electrons. The van der Waals surface area contributed by atoms with E-state index in [2.05, 4.69) is 33.4 Å². The number of rotatable bonds is 6. The van der Waals surface area contributed by atoms with Crippen molar-refractivity contribution in [2.75, 3.05) is 46.6 Å². The molecule has 1 atom stereocenters. The summed E-state index contributed by atoms with van der Waals surface area (Å²) < 4.78 is 22.7. The topological polar surface area (TPSA) is 78.0 Å². The minimum Gasteiger partial charge on any atom is -0.493 e. The maximum atomic E-state index is 6.04. The van der Waals surface area contributed by atoms with E-state index in [0.29, 0.717) is 37.7 Å². The molecule has 0 aliphatic carbocycles. The highest BCUT2D eigenvalue weighted by Crippen LogP contribution is 2.40. The summed E-state index contributed by atoms with van der Waals surface area (Å²) >= 11 is 0. The molecule has 1 N–H and O–H groups in total. The molecule has 3 aliphatic heterocycles. The van der Waals surface area contributed by atoms with Crippen molar-refractivity contribution >= 4 is 10.9 Å². The number of piperidine rings is 1. The van der Waals surface area contributed by atoms with Gasteiger partial charge in [0.05, 0.1) is 31.1 Å². The van der Waals surface area contributed by atoms with E-state index in [-0.39, 0.29) is 0 Å². The van der Waals surface area contributed by atoms with Crippen molar-refractivity contribution in [2.45, 2.75) is 31.3 Å². The van der Waals surface area contributed by atoms with Crippen LogP contribution in [-0.4, -0.2) is 67.5 Å². The fourth-order valence-corrected chi connectivity index (χ4v) is 5.19. The maximum absolute atomic E-state index is 6.04. The Morgan fingerprint density at radius 3 is 2.71 bits per heavy atom. The second-order valence-corrected chi connectivity index (χ2v) is 9.19. The number of likely N-dealkylation sites (tertiary alicyclic amines) is 1. The van der Waals surface area contributed by atoms with Crippen LogP contribution in [0.5, 0.6) is 23.1 Å². The van der Waals surface area contributed by atoms with Crippen molar-refractivity contribution in [1.82, 2.24) is 20.2 Å². The molecule has 0 spiro atoms. The number of aromatic nitrogens is 2. The van der Waals surface area contributed by atoms with Crippen molar-refractivity contribution < 1.29 is 18.9 Å². The van der Waals surface area contributed by atoms with Crippen LogP contribution in [0.25, 0.3) is 10.9 Å². The number of hydrogen-bond acceptors (Lipinski definition) is 8. The summed E-state index contributed by atoms with van der Waals surface area (Å²) in [6.45, 7) is 5.76. The molecule has 3 aliphatic rings. The third-order valence-corrected chi connectivity index (χ3v) is 7.02. The van der Waals surface area contributed by atoms with Gasteiger partial charge in [0, 0.05) is 48.1 Å². The number of methoxy groups -OCH3 is 1. The van der Waals surface area contributed by atoms with Crippen molar-refractivity contribution in [1.29, 1.82) is 0 Å². The molecule has 1 saturated heterocycles. The fraction of sp³-hybridized carbons (Fsp3) is 0.462. The lowest BCUT2D eigenvalue weighted by Crippen LogP contribution is -2.43. The summed E-state index contributed by atoms with van der Waals surface area (Å²) in [5.74, 6) is 3.46. The number of fused-ring (bicyclic) bond motifs is 4. The van der Waals surface area contributed by atoms with E-state index in [4.69, 9.17) is 23.9 Å². The predicted octanol–water partition coefficient (Wildman–Crippen LogP) is 3.14. The second-order valence-electron chi connectivity index (χ2n) is 9.19. The van der Waals surface area contributed by atoms with Crippen LogP contribution in [0.4, 0.5) is 0 Å². The van der Waals surface area contributed by atoms with Gasteiger partial charge < -0.3 is 29.2 Å². The third-order valence-electron chi connectivity index (χ3n) is 7.02. The molecule has 0 amide bonds. The molecule has 0 radical (unpaired) electrons. The average Bonchev–Trinajstić information content (AvgIpc) is 3.31. The molecule has 8 nitrogen and oxygen atoms in total. The van der Waals surface area contributed by atoms with Crippen LogP contribution in [0.2, 0.25) is 0 Å². The van der Waals surface area contributed by atoms with Crippen LogP contribution in [0.15, 0.2) is 36.5 Å². The Morgan fingerprint density at radius 1 is 1.03 bits per heavy atom. The van der Waals surface area contributed by atoms with Crippen LogP contribution < -0.4 is 24.3 Å². The van der Waals surface area contributed by atoms with Gasteiger partial charge in [-0.15, -0.1) is 0 Å². The summed E-state index contributed by atoms with van der Waals surface area (Å²) in [7, 11) is 1.66. The highest BCUT2D eigenvalue weighted by molar-refractivity contribution is 5.85. The Labute approximate surface area is 199 Å². The lowest BCUT2D eigenvalue weighted by atomic mass is 9.96. The minimum absolute atomic E-state index is 0.324. The van der Waals surface area contributed by atoms with Crippen molar-refractivity contribution in [2.24, 2.45) is 0 Å². The van der Waals surface area contributed by atoms with E-state index in [1.54, 1.807) is 13.3 Å². The van der Waals surface area contributed by atoms with Gasteiger partial charge in [-0.3, -0.25) is 4.98 Å². The normalized spacial score (nSPS) is 20.2. The molecule has 6 rings (SSSR count). The monoisotopic (exact) mass is 462 g/mol. The molecule has 1 fully saturated rings. The van der Waals surface area contributed by atoms with E-state index < -0.39 is 0 Å². The molecular formula is C26H30N4O4. The number of benzene rings is 1. The Hall–Kier alpha value is -3.10. The van der Waals surface area contributed by atoms with Gasteiger partial charge in [0.15, 0.2) is 11.5 Å². The molecule has 3 aromatic rings. The zero-order valence-electron chi connectivity index (χ0n) is 19.5. The lowest BCUT2D eigenvalue weighted by Gasteiger charge is -2.33. The SMILES string of the molecule is COc1ccc2ccc3c(c2n1)C(CN1CCC(NCc2cc4c(cn2)OCCO4)CC1)CO3. The lowest BCUT2D eigenvalue weighted by molar-refractivity contribution is 0.170. The number of hydrogen-bond donors (Lipinski definition) is 1. The Morgan fingerprint density at radius 2 is 1.85 bits per heavy atom. The van der Waals surface area contributed by atoms with E-state index in [0.717, 1.165) is 72.9 Å². The van der Waals surface area contributed by atoms with Gasteiger partial charge in [-0.25, -0.2) is 4.98 Å². The molecule has 0 saturated carbocycles. The average molecular weight is 463 g/mol. The quantitative estimate of drug-likeness (QED) is 0.599. The molecule has 1 unspecified atom stereocenters. The predicted molar refractivity (Wildman–Crippen MR) is 128 cm³/mol. The van der Waals surface area contributed by atoms with Crippen LogP contribution in [0.3, 0.4) is 0 Å². The van der Waals surface area contributed by atoms with Crippen LogP contribution in [0.1, 0.15) is 30.0 Å². The van der Waals surface area contributed by atoms with Crippen molar-refractivity contribution in [3.8, 4) is 23.1 Å². The third kappa shape index (κ3) is 4.23. The molecule has 2 aromatic heterocycles. The Bertz CT molecular complexity index is 1180. The molecular weight excluding hydrogens is 432 g/mol. The first kappa shape index (κ1) is 21.4. The van der Waals surface area contributed by atoms with Gasteiger partial charge in [0.2, 0.25) is 5.88 Å². The molecule has 8 heteroatoms. The minimum atomic E-state index is 0.324. The molecule has 5 heterocycles. The zero-order valence-corrected chi connectivity index (χ0v) is 19.5. The van der Waals surface area contributed by atoms with E-state index >= 15 is 0 Å². The highest BCUT2D eigenvalue weighted by Gasteiger charge is 2.30. The van der Waals surface area contributed by atoms with Gasteiger partial charge in [0.1, 0.15) is 19.0 Å². The summed E-state index contributed by atoms with van der Waals surface area (Å²) in [5.41, 5.74) is 3.21. The van der Waals surface area contributed by atoms with E-state index in [1.807, 2.05) is 12.1 Å². The number of pyridine rings is 2. The number of ether oxygens (including phenoxy) is 4. The number of nitrogens with zero attached hydrogens (tertiary/aromatic N) is 3. The smallest absolute Gasteiger partial charge is 0.213 e. The van der Waals surface area contributed by atoms with E-state index in [9.17, 15) is 0 Å². The summed E-state index contributed by atoms with van der Waals surface area (Å²) in [5, 5.41) is 4.81. The fourth-order valence-electron chi connectivity index (χ4n) is 5.19. The van der Waals surface area contributed by atoms with Gasteiger partial charge >= 0.3 is 0 Å². The Kier molecular flexibility index (Phi) is 5.84. The first-order valence-corrected chi connectivity index (χ1v) is 12.1. The van der Waals surface area contributed by atoms with Gasteiger partial charge in [-0.2, -0.15) is 0 Å². The van der Waals surface area contributed by atoms with Gasteiger partial charge in [-0.05, 0) is 44.1 Å². The summed E-state index contributed by atoms with van der Waals surface area (Å²) in [6.07, 6.45) is 4.00. The van der Waals surface area contributed by atoms with Crippen molar-refractivity contribution in [3.63, 3.8) is 0 Å². The molecule has 34 heavy (non-hydrogen) atoms. The first-order chi connectivity index (χ1) is 16.8. The van der Waals surface area contributed by atoms with E-state index in [1.165, 1.54) is 5.56 Å².